The molecule has 0 bridgehead atoms. The lowest BCUT2D eigenvalue weighted by atomic mass is 10.0. The highest BCUT2D eigenvalue weighted by molar-refractivity contribution is 5.43. The summed E-state index contributed by atoms with van der Waals surface area (Å²) in [5.74, 6) is 1.32. The molecule has 0 aromatic carbocycles. The van der Waals surface area contributed by atoms with Crippen LogP contribution in [-0.2, 0) is 20.6 Å². The highest BCUT2D eigenvalue weighted by Gasteiger charge is 2.11. The van der Waals surface area contributed by atoms with Crippen LogP contribution < -0.4 is 20.3 Å². The topological polar surface area (TPSA) is 109 Å². The molecule has 3 aromatic heterocycles. The van der Waals surface area contributed by atoms with Gasteiger partial charge in [0.05, 0.1) is 32.7 Å². The Labute approximate surface area is 168 Å². The van der Waals surface area contributed by atoms with Crippen LogP contribution in [0.25, 0.3) is 0 Å². The molecule has 0 fully saturated rings. The summed E-state index contributed by atoms with van der Waals surface area (Å²) in [4.78, 5) is 18.2. The molecule has 29 heavy (non-hydrogen) atoms. The quantitative estimate of drug-likeness (QED) is 0.577. The van der Waals surface area contributed by atoms with Gasteiger partial charge in [-0.25, -0.2) is 4.68 Å². The molecule has 10 nitrogen and oxygen atoms in total. The van der Waals surface area contributed by atoms with Crippen molar-refractivity contribution >= 4 is 5.69 Å². The molecule has 3 aromatic rings. The molecular formula is C19H25N7O3. The predicted octanol–water partition coefficient (Wildman–Crippen LogP) is 1.50. The SMILES string of the molecule is COc1ccc([C@H](C)CCOc2cc(NCc3cnn(C)n3)c(=O)n(C)n2)nc1. The van der Waals surface area contributed by atoms with Gasteiger partial charge in [0.1, 0.15) is 17.1 Å². The Morgan fingerprint density at radius 2 is 2.03 bits per heavy atom. The fraction of sp³-hybridized carbons (Fsp3) is 0.421. The van der Waals surface area contributed by atoms with E-state index in [2.05, 4.69) is 32.5 Å². The van der Waals surface area contributed by atoms with Crippen molar-refractivity contribution in [1.82, 2.24) is 29.8 Å². The molecule has 3 rings (SSSR count). The van der Waals surface area contributed by atoms with Crippen LogP contribution in [0.5, 0.6) is 11.6 Å². The van der Waals surface area contributed by atoms with E-state index in [0.717, 1.165) is 23.6 Å². The number of methoxy groups -OCH3 is 1. The van der Waals surface area contributed by atoms with E-state index in [0.29, 0.717) is 24.7 Å². The summed E-state index contributed by atoms with van der Waals surface area (Å²) in [5.41, 5.74) is 1.86. The summed E-state index contributed by atoms with van der Waals surface area (Å²) >= 11 is 0. The standard InChI is InChI=1S/C19H25N7O3/c1-13(16-6-5-15(28-4)12-21-16)7-8-29-18-9-17(19(27)25(2)24-18)20-10-14-11-22-26(3)23-14/h5-6,9,11-13,20H,7-8,10H2,1-4H3/t13-/m1/s1. The lowest BCUT2D eigenvalue weighted by Gasteiger charge is -2.13. The molecule has 0 radical (unpaired) electrons. The summed E-state index contributed by atoms with van der Waals surface area (Å²) in [6.45, 7) is 2.91. The fourth-order valence-electron chi connectivity index (χ4n) is 2.73. The molecule has 0 spiro atoms. The van der Waals surface area contributed by atoms with E-state index in [1.807, 2.05) is 12.1 Å². The highest BCUT2D eigenvalue weighted by atomic mass is 16.5. The minimum atomic E-state index is -0.239. The van der Waals surface area contributed by atoms with Crippen LogP contribution in [0.1, 0.15) is 30.7 Å². The summed E-state index contributed by atoms with van der Waals surface area (Å²) < 4.78 is 12.2. The van der Waals surface area contributed by atoms with Gasteiger partial charge in [0.2, 0.25) is 5.88 Å². The first-order chi connectivity index (χ1) is 14.0. The van der Waals surface area contributed by atoms with Crippen molar-refractivity contribution in [3.8, 4) is 11.6 Å². The lowest BCUT2D eigenvalue weighted by molar-refractivity contribution is 0.281. The highest BCUT2D eigenvalue weighted by Crippen LogP contribution is 2.20. The zero-order valence-electron chi connectivity index (χ0n) is 17.0. The molecule has 0 aliphatic heterocycles. The molecule has 1 atom stereocenters. The first-order valence-electron chi connectivity index (χ1n) is 9.26. The predicted molar refractivity (Wildman–Crippen MR) is 107 cm³/mol. The van der Waals surface area contributed by atoms with Gasteiger partial charge in [-0.2, -0.15) is 15.0 Å². The largest absolute Gasteiger partial charge is 0.495 e. The van der Waals surface area contributed by atoms with E-state index in [1.165, 1.54) is 9.48 Å². The maximum Gasteiger partial charge on any atom is 0.290 e. The van der Waals surface area contributed by atoms with Crippen LogP contribution in [0.4, 0.5) is 5.69 Å². The van der Waals surface area contributed by atoms with Gasteiger partial charge < -0.3 is 14.8 Å². The third-order valence-corrected chi connectivity index (χ3v) is 4.45. The van der Waals surface area contributed by atoms with Gasteiger partial charge in [-0.1, -0.05) is 6.92 Å². The maximum absolute atomic E-state index is 12.3. The Hall–Kier alpha value is -3.43. The molecule has 3 heterocycles. The van der Waals surface area contributed by atoms with E-state index in [1.54, 1.807) is 39.7 Å². The molecule has 0 aliphatic rings. The number of aryl methyl sites for hydroxylation is 2. The average Bonchev–Trinajstić information content (AvgIpc) is 3.14. The fourth-order valence-corrected chi connectivity index (χ4v) is 2.73. The Bertz CT molecular complexity index is 998. The van der Waals surface area contributed by atoms with Crippen LogP contribution in [-0.4, -0.2) is 43.5 Å². The molecule has 1 N–H and O–H groups in total. The van der Waals surface area contributed by atoms with Crippen LogP contribution in [0.3, 0.4) is 0 Å². The summed E-state index contributed by atoms with van der Waals surface area (Å²) in [5, 5.41) is 15.4. The van der Waals surface area contributed by atoms with Gasteiger partial charge in [-0.05, 0) is 18.6 Å². The van der Waals surface area contributed by atoms with Crippen LogP contribution in [0, 0.1) is 0 Å². The van der Waals surface area contributed by atoms with Gasteiger partial charge in [-0.3, -0.25) is 9.78 Å². The van der Waals surface area contributed by atoms with Gasteiger partial charge in [0.25, 0.3) is 5.56 Å². The molecule has 154 valence electrons. The second kappa shape index (κ2) is 9.18. The molecule has 0 unspecified atom stereocenters. The third-order valence-electron chi connectivity index (χ3n) is 4.45. The Balaban J connectivity index is 1.58. The monoisotopic (exact) mass is 399 g/mol. The zero-order chi connectivity index (χ0) is 20.8. The van der Waals surface area contributed by atoms with Gasteiger partial charge in [0, 0.05) is 31.8 Å². The summed E-state index contributed by atoms with van der Waals surface area (Å²) in [6, 6.07) is 5.45. The Morgan fingerprint density at radius 1 is 1.21 bits per heavy atom. The number of rotatable bonds is 9. The van der Waals surface area contributed by atoms with Crippen molar-refractivity contribution in [2.24, 2.45) is 14.1 Å². The van der Waals surface area contributed by atoms with E-state index in [4.69, 9.17) is 9.47 Å². The number of hydrogen-bond acceptors (Lipinski definition) is 8. The van der Waals surface area contributed by atoms with Crippen molar-refractivity contribution in [3.63, 3.8) is 0 Å². The van der Waals surface area contributed by atoms with Crippen molar-refractivity contribution in [2.75, 3.05) is 19.0 Å². The van der Waals surface area contributed by atoms with Gasteiger partial charge in [-0.15, -0.1) is 5.10 Å². The molecule has 10 heteroatoms. The lowest BCUT2D eigenvalue weighted by Crippen LogP contribution is -2.24. The van der Waals surface area contributed by atoms with Gasteiger partial charge >= 0.3 is 0 Å². The second-order valence-electron chi connectivity index (χ2n) is 6.66. The average molecular weight is 399 g/mol. The summed E-state index contributed by atoms with van der Waals surface area (Å²) in [6.07, 6.45) is 4.10. The van der Waals surface area contributed by atoms with Crippen molar-refractivity contribution < 1.29 is 9.47 Å². The number of nitrogens with zero attached hydrogens (tertiary/aromatic N) is 6. The van der Waals surface area contributed by atoms with E-state index in [9.17, 15) is 4.79 Å². The first-order valence-corrected chi connectivity index (χ1v) is 9.26. The molecular weight excluding hydrogens is 374 g/mol. The minimum absolute atomic E-state index is 0.211. The van der Waals surface area contributed by atoms with E-state index >= 15 is 0 Å². The number of anilines is 1. The van der Waals surface area contributed by atoms with E-state index < -0.39 is 0 Å². The maximum atomic E-state index is 12.3. The smallest absolute Gasteiger partial charge is 0.290 e. The molecule has 0 aliphatic carbocycles. The van der Waals surface area contributed by atoms with Crippen LogP contribution >= 0.6 is 0 Å². The normalized spacial score (nSPS) is 11.9. The second-order valence-corrected chi connectivity index (χ2v) is 6.66. The number of ether oxygens (including phenoxy) is 2. The van der Waals surface area contributed by atoms with Crippen molar-refractivity contribution in [3.05, 3.63) is 52.3 Å². The van der Waals surface area contributed by atoms with E-state index in [-0.39, 0.29) is 11.5 Å². The number of hydrogen-bond donors (Lipinski definition) is 1. The molecule has 0 amide bonds. The van der Waals surface area contributed by atoms with Gasteiger partial charge in [0.15, 0.2) is 0 Å². The van der Waals surface area contributed by atoms with Crippen molar-refractivity contribution in [1.29, 1.82) is 0 Å². The van der Waals surface area contributed by atoms with Crippen molar-refractivity contribution in [2.45, 2.75) is 25.8 Å². The third kappa shape index (κ3) is 5.31. The number of pyridine rings is 1. The zero-order valence-corrected chi connectivity index (χ0v) is 17.0. The first kappa shape index (κ1) is 20.3. The minimum Gasteiger partial charge on any atom is -0.495 e. The Morgan fingerprint density at radius 3 is 2.69 bits per heavy atom. The number of nitrogens with one attached hydrogen (secondary N) is 1. The molecule has 0 saturated heterocycles. The Kier molecular flexibility index (Phi) is 6.43. The number of aromatic nitrogens is 6. The van der Waals surface area contributed by atoms with Crippen LogP contribution in [0.2, 0.25) is 0 Å². The molecule has 0 saturated carbocycles. The van der Waals surface area contributed by atoms with Crippen LogP contribution in [0.15, 0.2) is 35.4 Å². The summed E-state index contributed by atoms with van der Waals surface area (Å²) in [7, 11) is 4.94.